The van der Waals surface area contributed by atoms with Crippen LogP contribution < -0.4 is 21.2 Å². The fourth-order valence-electron chi connectivity index (χ4n) is 1.23. The quantitative estimate of drug-likeness (QED) is 0.558. The fraction of sp³-hybridized carbons (Fsp3) is 0.0769. The summed E-state index contributed by atoms with van der Waals surface area (Å²) in [5.41, 5.74) is 1.46. The standard InChI is InChI=1S/C13H12I/c1-3-7-12(8-4-1)11-14-13-9-5-2-6-10-13/h1-10H,11H2/q+1. The van der Waals surface area contributed by atoms with Gasteiger partial charge in [0.05, 0.1) is 0 Å². The van der Waals surface area contributed by atoms with Crippen molar-refractivity contribution in [3.8, 4) is 0 Å². The van der Waals surface area contributed by atoms with Gasteiger partial charge in [-0.1, -0.05) is 48.5 Å². The predicted molar refractivity (Wildman–Crippen MR) is 55.3 cm³/mol. The van der Waals surface area contributed by atoms with E-state index >= 15 is 0 Å². The van der Waals surface area contributed by atoms with Gasteiger partial charge in [0.2, 0.25) is 0 Å². The van der Waals surface area contributed by atoms with Gasteiger partial charge in [-0.3, -0.25) is 0 Å². The minimum Gasteiger partial charge on any atom is -0.0622 e. The van der Waals surface area contributed by atoms with Gasteiger partial charge < -0.3 is 0 Å². The average molecular weight is 295 g/mol. The molecule has 14 heavy (non-hydrogen) atoms. The Bertz CT molecular complexity index is 327. The van der Waals surface area contributed by atoms with Crippen LogP contribution in [-0.4, -0.2) is 0 Å². The Hall–Kier alpha value is -0.830. The molecule has 0 unspecified atom stereocenters. The monoisotopic (exact) mass is 295 g/mol. The van der Waals surface area contributed by atoms with Crippen LogP contribution in [0.4, 0.5) is 0 Å². The predicted octanol–water partition coefficient (Wildman–Crippen LogP) is 0.145. The zero-order valence-electron chi connectivity index (χ0n) is 7.86. The molecule has 0 bridgehead atoms. The van der Waals surface area contributed by atoms with E-state index in [9.17, 15) is 0 Å². The molecule has 0 heterocycles. The molecule has 0 radical (unpaired) electrons. The summed E-state index contributed by atoms with van der Waals surface area (Å²) in [5.74, 6) is 0. The Morgan fingerprint density at radius 3 is 1.93 bits per heavy atom. The first-order chi connectivity index (χ1) is 6.95. The van der Waals surface area contributed by atoms with Crippen LogP contribution in [0.2, 0.25) is 0 Å². The van der Waals surface area contributed by atoms with E-state index in [0.717, 1.165) is 0 Å². The number of alkyl halides is 1. The van der Waals surface area contributed by atoms with Gasteiger partial charge in [0.1, 0.15) is 0 Å². The normalized spacial score (nSPS) is 10.0. The van der Waals surface area contributed by atoms with Crippen molar-refractivity contribution in [2.24, 2.45) is 0 Å². The molecule has 0 N–H and O–H groups in total. The van der Waals surface area contributed by atoms with E-state index in [-0.39, 0.29) is 21.2 Å². The van der Waals surface area contributed by atoms with Gasteiger partial charge in [-0.05, 0) is 17.7 Å². The number of hydrogen-bond donors (Lipinski definition) is 0. The Labute approximate surface area is 95.2 Å². The maximum atomic E-state index is 2.23. The number of benzene rings is 2. The van der Waals surface area contributed by atoms with Crippen LogP contribution in [0.15, 0.2) is 60.7 Å². The highest BCUT2D eigenvalue weighted by atomic mass is 127. The summed E-state index contributed by atoms with van der Waals surface area (Å²) in [6.07, 6.45) is 0. The van der Waals surface area contributed by atoms with Gasteiger partial charge in [-0.2, -0.15) is 0 Å². The number of hydrogen-bond acceptors (Lipinski definition) is 0. The summed E-state index contributed by atoms with van der Waals surface area (Å²) in [4.78, 5) is 0. The van der Waals surface area contributed by atoms with Crippen LogP contribution in [0.25, 0.3) is 0 Å². The Kier molecular flexibility index (Phi) is 3.57. The van der Waals surface area contributed by atoms with E-state index in [0.29, 0.717) is 0 Å². The summed E-state index contributed by atoms with van der Waals surface area (Å²) >= 11 is 0.148. The number of halogens is 1. The molecule has 2 rings (SSSR count). The van der Waals surface area contributed by atoms with E-state index in [1.165, 1.54) is 13.6 Å². The molecule has 0 nitrogen and oxygen atoms in total. The summed E-state index contributed by atoms with van der Waals surface area (Å²) < 4.78 is 2.76. The summed E-state index contributed by atoms with van der Waals surface area (Å²) in [7, 11) is 0. The Balaban J connectivity index is 1.96. The fourth-order valence-corrected chi connectivity index (χ4v) is 3.54. The molecule has 0 fully saturated rings. The summed E-state index contributed by atoms with van der Waals surface area (Å²) in [5, 5.41) is 0. The molecule has 1 heteroatoms. The molecule has 2 aromatic rings. The minimum atomic E-state index is 0.148. The lowest BCUT2D eigenvalue weighted by atomic mass is 10.2. The van der Waals surface area contributed by atoms with Crippen molar-refractivity contribution in [3.05, 3.63) is 69.8 Å². The SMILES string of the molecule is c1ccc(C[I+]c2ccccc2)cc1. The zero-order valence-corrected chi connectivity index (χ0v) is 10.0. The smallest absolute Gasteiger partial charge is 0.0622 e. The molecule has 0 saturated heterocycles. The second-order valence-corrected chi connectivity index (χ2v) is 5.82. The van der Waals surface area contributed by atoms with Crippen molar-refractivity contribution < 1.29 is 21.2 Å². The third-order valence-electron chi connectivity index (χ3n) is 1.95. The van der Waals surface area contributed by atoms with Crippen LogP contribution >= 0.6 is 0 Å². The lowest BCUT2D eigenvalue weighted by molar-refractivity contribution is -0.643. The maximum absolute atomic E-state index is 2.23. The minimum absolute atomic E-state index is 0.148. The lowest BCUT2D eigenvalue weighted by Crippen LogP contribution is -3.61. The Morgan fingerprint density at radius 1 is 0.714 bits per heavy atom. The van der Waals surface area contributed by atoms with Crippen LogP contribution in [0, 0.1) is 3.57 Å². The molecule has 0 amide bonds. The molecule has 0 aliphatic heterocycles. The molecular formula is C13H12I+. The van der Waals surface area contributed by atoms with Crippen molar-refractivity contribution in [2.75, 3.05) is 0 Å². The van der Waals surface area contributed by atoms with E-state index < -0.39 is 0 Å². The van der Waals surface area contributed by atoms with Crippen LogP contribution in [-0.2, 0) is 4.43 Å². The van der Waals surface area contributed by atoms with Gasteiger partial charge in [0.25, 0.3) is 0 Å². The maximum Gasteiger partial charge on any atom is 0.318 e. The summed E-state index contributed by atoms with van der Waals surface area (Å²) in [6, 6.07) is 21.5. The van der Waals surface area contributed by atoms with Crippen LogP contribution in [0.3, 0.4) is 0 Å². The first-order valence-electron chi connectivity index (χ1n) is 4.63. The molecule has 0 aromatic heterocycles. The van der Waals surface area contributed by atoms with E-state index in [4.69, 9.17) is 0 Å². The van der Waals surface area contributed by atoms with E-state index in [1.54, 1.807) is 0 Å². The first-order valence-corrected chi connectivity index (χ1v) is 7.24. The molecule has 0 spiro atoms. The second-order valence-electron chi connectivity index (χ2n) is 3.05. The molecule has 0 saturated carbocycles. The highest BCUT2D eigenvalue weighted by molar-refractivity contribution is 5.13. The largest absolute Gasteiger partial charge is 0.318 e. The second kappa shape index (κ2) is 5.15. The Morgan fingerprint density at radius 2 is 1.29 bits per heavy atom. The number of rotatable bonds is 3. The van der Waals surface area contributed by atoms with Crippen molar-refractivity contribution >= 4 is 0 Å². The highest BCUT2D eigenvalue weighted by Crippen LogP contribution is 1.93. The topological polar surface area (TPSA) is 0 Å². The zero-order chi connectivity index (χ0) is 9.64. The van der Waals surface area contributed by atoms with Crippen molar-refractivity contribution in [2.45, 2.75) is 4.43 Å². The van der Waals surface area contributed by atoms with Crippen molar-refractivity contribution in [1.29, 1.82) is 0 Å². The first kappa shape index (κ1) is 9.71. The summed E-state index contributed by atoms with van der Waals surface area (Å²) in [6.45, 7) is 0. The van der Waals surface area contributed by atoms with Gasteiger partial charge in [-0.25, -0.2) is 0 Å². The molecule has 0 aliphatic carbocycles. The molecule has 0 aliphatic rings. The lowest BCUT2D eigenvalue weighted by Gasteiger charge is -1.89. The third kappa shape index (κ3) is 2.84. The van der Waals surface area contributed by atoms with Crippen molar-refractivity contribution in [3.63, 3.8) is 0 Å². The molecule has 70 valence electrons. The van der Waals surface area contributed by atoms with Gasteiger partial charge >= 0.3 is 21.2 Å². The van der Waals surface area contributed by atoms with Gasteiger partial charge in [0.15, 0.2) is 8.00 Å². The van der Waals surface area contributed by atoms with Gasteiger partial charge in [0, 0.05) is 0 Å². The molecule has 0 atom stereocenters. The molecule has 2 aromatic carbocycles. The van der Waals surface area contributed by atoms with Crippen LogP contribution in [0.5, 0.6) is 0 Å². The van der Waals surface area contributed by atoms with E-state index in [1.807, 2.05) is 0 Å². The average Bonchev–Trinajstić information content (AvgIpc) is 2.29. The highest BCUT2D eigenvalue weighted by Gasteiger charge is 2.10. The van der Waals surface area contributed by atoms with E-state index in [2.05, 4.69) is 60.7 Å². The van der Waals surface area contributed by atoms with Crippen molar-refractivity contribution in [1.82, 2.24) is 0 Å². The molecular weight excluding hydrogens is 283 g/mol. The third-order valence-corrected chi connectivity index (χ3v) is 4.81. The van der Waals surface area contributed by atoms with Gasteiger partial charge in [-0.15, -0.1) is 0 Å². The van der Waals surface area contributed by atoms with Crippen LogP contribution in [0.1, 0.15) is 5.56 Å².